The molecule has 0 aliphatic rings. The van der Waals surface area contributed by atoms with Gasteiger partial charge in [0, 0.05) is 6.20 Å². The lowest BCUT2D eigenvalue weighted by Gasteiger charge is -2.04. The fourth-order valence-electron chi connectivity index (χ4n) is 1.87. The number of pyridine rings is 1. The Morgan fingerprint density at radius 2 is 1.83 bits per heavy atom. The maximum Gasteiger partial charge on any atom is 0.138 e. The van der Waals surface area contributed by atoms with Crippen LogP contribution in [0.5, 0.6) is 0 Å². The molecule has 0 atom stereocenters. The van der Waals surface area contributed by atoms with Crippen LogP contribution in [-0.4, -0.2) is 19.7 Å². The van der Waals surface area contributed by atoms with E-state index in [4.69, 9.17) is 0 Å². The summed E-state index contributed by atoms with van der Waals surface area (Å²) in [6.07, 6.45) is 7.72. The van der Waals surface area contributed by atoms with E-state index in [9.17, 15) is 0 Å². The van der Waals surface area contributed by atoms with Crippen molar-refractivity contribution in [3.8, 4) is 5.69 Å². The number of nitrogens with zero attached hydrogens (tertiary/aromatic N) is 4. The zero-order valence-corrected chi connectivity index (χ0v) is 9.77. The van der Waals surface area contributed by atoms with E-state index in [1.807, 2.05) is 24.4 Å². The molecule has 0 fully saturated rings. The van der Waals surface area contributed by atoms with Crippen LogP contribution in [0.25, 0.3) is 5.69 Å². The molecule has 18 heavy (non-hydrogen) atoms. The zero-order valence-electron chi connectivity index (χ0n) is 9.77. The molecule has 0 amide bonds. The topological polar surface area (TPSA) is 43.6 Å². The second-order valence-electron chi connectivity index (χ2n) is 4.05. The fraction of sp³-hybridized carbons (Fsp3) is 0.0714. The number of hydrogen-bond donors (Lipinski definition) is 0. The minimum absolute atomic E-state index is 0.871. The van der Waals surface area contributed by atoms with Crippen LogP contribution >= 0.6 is 0 Å². The lowest BCUT2D eigenvalue weighted by Crippen LogP contribution is -1.97. The van der Waals surface area contributed by atoms with E-state index in [-0.39, 0.29) is 0 Å². The molecule has 4 nitrogen and oxygen atoms in total. The summed E-state index contributed by atoms with van der Waals surface area (Å²) in [6.45, 7) is 0. The third-order valence-electron chi connectivity index (χ3n) is 2.71. The van der Waals surface area contributed by atoms with E-state index in [1.54, 1.807) is 17.2 Å². The maximum absolute atomic E-state index is 4.25. The summed E-state index contributed by atoms with van der Waals surface area (Å²) in [5.74, 6) is 0. The van der Waals surface area contributed by atoms with Gasteiger partial charge in [-0.1, -0.05) is 30.3 Å². The van der Waals surface area contributed by atoms with E-state index >= 15 is 0 Å². The summed E-state index contributed by atoms with van der Waals surface area (Å²) >= 11 is 0. The van der Waals surface area contributed by atoms with Gasteiger partial charge in [0.1, 0.15) is 12.7 Å². The summed E-state index contributed by atoms with van der Waals surface area (Å²) in [4.78, 5) is 8.18. The number of benzene rings is 1. The van der Waals surface area contributed by atoms with Crippen molar-refractivity contribution in [3.63, 3.8) is 0 Å². The van der Waals surface area contributed by atoms with Crippen molar-refractivity contribution < 1.29 is 0 Å². The Hall–Kier alpha value is -2.49. The number of aromatic nitrogens is 4. The largest absolute Gasteiger partial charge is 0.262 e. The molecule has 2 aromatic heterocycles. The van der Waals surface area contributed by atoms with Gasteiger partial charge in [0.05, 0.1) is 11.9 Å². The first kappa shape index (κ1) is 10.7. The average molecular weight is 236 g/mol. The van der Waals surface area contributed by atoms with Crippen LogP contribution in [0.15, 0.2) is 61.4 Å². The van der Waals surface area contributed by atoms with Crippen molar-refractivity contribution in [2.75, 3.05) is 0 Å². The molecular weight excluding hydrogens is 224 g/mol. The third kappa shape index (κ3) is 2.27. The molecule has 0 spiro atoms. The van der Waals surface area contributed by atoms with Crippen molar-refractivity contribution in [3.05, 3.63) is 72.6 Å². The van der Waals surface area contributed by atoms with Gasteiger partial charge in [-0.15, -0.1) is 0 Å². The molecule has 0 saturated heterocycles. The number of hydrogen-bond acceptors (Lipinski definition) is 3. The van der Waals surface area contributed by atoms with Crippen LogP contribution in [0.4, 0.5) is 0 Å². The Labute approximate surface area is 105 Å². The molecule has 1 aromatic carbocycles. The van der Waals surface area contributed by atoms with Crippen molar-refractivity contribution in [1.29, 1.82) is 0 Å². The highest BCUT2D eigenvalue weighted by Gasteiger charge is 2.01. The molecular formula is C14H12N4. The van der Waals surface area contributed by atoms with Crippen molar-refractivity contribution in [1.82, 2.24) is 19.7 Å². The molecule has 0 radical (unpaired) electrons. The summed E-state index contributed by atoms with van der Waals surface area (Å²) in [5.41, 5.74) is 3.37. The minimum atomic E-state index is 0.871. The zero-order chi connectivity index (χ0) is 12.2. The average Bonchev–Trinajstić information content (AvgIpc) is 2.94. The maximum atomic E-state index is 4.25. The van der Waals surface area contributed by atoms with Gasteiger partial charge in [0.15, 0.2) is 0 Å². The van der Waals surface area contributed by atoms with Crippen LogP contribution in [0.1, 0.15) is 11.1 Å². The van der Waals surface area contributed by atoms with Crippen molar-refractivity contribution in [2.45, 2.75) is 6.42 Å². The summed E-state index contributed by atoms with van der Waals surface area (Å²) in [7, 11) is 0. The Morgan fingerprint density at radius 3 is 2.61 bits per heavy atom. The van der Waals surface area contributed by atoms with Gasteiger partial charge in [-0.25, -0.2) is 9.67 Å². The highest BCUT2D eigenvalue weighted by molar-refractivity contribution is 5.33. The van der Waals surface area contributed by atoms with Crippen molar-refractivity contribution in [2.24, 2.45) is 0 Å². The first-order valence-electron chi connectivity index (χ1n) is 5.75. The smallest absolute Gasteiger partial charge is 0.138 e. The lowest BCUT2D eigenvalue weighted by molar-refractivity contribution is 0.868. The standard InChI is InChI=1S/C14H12N4/c1-2-4-12(5-3-1)6-13-7-14(9-15-8-13)18-11-16-10-17-18/h1-5,7-11H,6H2. The van der Waals surface area contributed by atoms with Gasteiger partial charge >= 0.3 is 0 Å². The molecule has 0 bridgehead atoms. The second-order valence-corrected chi connectivity index (χ2v) is 4.05. The van der Waals surface area contributed by atoms with E-state index in [0.29, 0.717) is 0 Å². The van der Waals surface area contributed by atoms with Gasteiger partial charge in [-0.2, -0.15) is 5.10 Å². The van der Waals surface area contributed by atoms with Crippen LogP contribution in [0.2, 0.25) is 0 Å². The predicted molar refractivity (Wildman–Crippen MR) is 68.4 cm³/mol. The molecule has 88 valence electrons. The molecule has 0 aliphatic heterocycles. The molecule has 2 heterocycles. The van der Waals surface area contributed by atoms with Crippen LogP contribution in [0.3, 0.4) is 0 Å². The highest BCUT2D eigenvalue weighted by atomic mass is 15.3. The Morgan fingerprint density at radius 1 is 0.944 bits per heavy atom. The minimum Gasteiger partial charge on any atom is -0.262 e. The van der Waals surface area contributed by atoms with Crippen molar-refractivity contribution >= 4 is 0 Å². The fourth-order valence-corrected chi connectivity index (χ4v) is 1.87. The molecule has 3 aromatic rings. The summed E-state index contributed by atoms with van der Waals surface area (Å²) < 4.78 is 1.71. The Balaban J connectivity index is 1.88. The monoisotopic (exact) mass is 236 g/mol. The van der Waals surface area contributed by atoms with E-state index in [2.05, 4.69) is 33.3 Å². The molecule has 0 N–H and O–H groups in total. The van der Waals surface area contributed by atoms with Crippen LogP contribution in [-0.2, 0) is 6.42 Å². The van der Waals surface area contributed by atoms with Gasteiger partial charge in [0.2, 0.25) is 0 Å². The van der Waals surface area contributed by atoms with Gasteiger partial charge < -0.3 is 0 Å². The van der Waals surface area contributed by atoms with Crippen LogP contribution in [0, 0.1) is 0 Å². The first-order valence-corrected chi connectivity index (χ1v) is 5.75. The third-order valence-corrected chi connectivity index (χ3v) is 2.71. The van der Waals surface area contributed by atoms with Gasteiger partial charge in [-0.05, 0) is 23.6 Å². The Bertz CT molecular complexity index is 617. The summed E-state index contributed by atoms with van der Waals surface area (Å²) in [5, 5.41) is 4.10. The molecule has 0 unspecified atom stereocenters. The highest BCUT2D eigenvalue weighted by Crippen LogP contribution is 2.11. The first-order chi connectivity index (χ1) is 8.92. The predicted octanol–water partition coefficient (Wildman–Crippen LogP) is 2.25. The lowest BCUT2D eigenvalue weighted by atomic mass is 10.1. The van der Waals surface area contributed by atoms with Gasteiger partial charge in [0.25, 0.3) is 0 Å². The quantitative estimate of drug-likeness (QED) is 0.700. The molecule has 0 saturated carbocycles. The van der Waals surface area contributed by atoms with E-state index < -0.39 is 0 Å². The van der Waals surface area contributed by atoms with E-state index in [1.165, 1.54) is 11.9 Å². The molecule has 0 aliphatic carbocycles. The van der Waals surface area contributed by atoms with E-state index in [0.717, 1.165) is 17.7 Å². The number of rotatable bonds is 3. The molecule has 3 rings (SSSR count). The second kappa shape index (κ2) is 4.79. The van der Waals surface area contributed by atoms with Crippen LogP contribution < -0.4 is 0 Å². The normalized spacial score (nSPS) is 10.4. The Kier molecular flexibility index (Phi) is 2.84. The van der Waals surface area contributed by atoms with Gasteiger partial charge in [-0.3, -0.25) is 4.98 Å². The SMILES string of the molecule is c1ccc(Cc2cncc(-n3cncn3)c2)cc1. The summed E-state index contributed by atoms with van der Waals surface area (Å²) in [6, 6.07) is 12.4. The molecule has 4 heteroatoms.